The van der Waals surface area contributed by atoms with Crippen LogP contribution in [0.5, 0.6) is 0 Å². The normalized spacial score (nSPS) is 25.1. The van der Waals surface area contributed by atoms with Crippen molar-refractivity contribution in [3.8, 4) is 10.4 Å². The molecule has 1 aromatic heterocycles. The number of likely N-dealkylation sites (tertiary alicyclic amines) is 1. The van der Waals surface area contributed by atoms with E-state index < -0.39 is 29.0 Å². The van der Waals surface area contributed by atoms with Crippen LogP contribution < -0.4 is 5.32 Å². The molecule has 192 valence electrons. The number of aliphatic imine (C=N–C) groups is 1. The molecule has 2 aromatic rings. The van der Waals surface area contributed by atoms with Crippen LogP contribution in [0.3, 0.4) is 0 Å². The highest BCUT2D eigenvalue weighted by molar-refractivity contribution is 7.13. The molecule has 1 saturated heterocycles. The van der Waals surface area contributed by atoms with Gasteiger partial charge in [-0.15, -0.1) is 11.3 Å². The number of nitrogens with zero attached hydrogens (tertiary/aromatic N) is 3. The quantitative estimate of drug-likeness (QED) is 0.641. The fourth-order valence-electron chi connectivity index (χ4n) is 5.11. The summed E-state index contributed by atoms with van der Waals surface area (Å²) in [4.78, 5) is 50.0. The first-order valence-electron chi connectivity index (χ1n) is 12.2. The third-order valence-corrected chi connectivity index (χ3v) is 8.17. The van der Waals surface area contributed by atoms with Crippen molar-refractivity contribution < 1.29 is 19.5 Å². The van der Waals surface area contributed by atoms with Crippen molar-refractivity contribution in [1.82, 2.24) is 15.2 Å². The lowest BCUT2D eigenvalue weighted by molar-refractivity contribution is -0.139. The van der Waals surface area contributed by atoms with Gasteiger partial charge in [0.25, 0.3) is 5.91 Å². The van der Waals surface area contributed by atoms with Gasteiger partial charge in [0.05, 0.1) is 33.6 Å². The van der Waals surface area contributed by atoms with Gasteiger partial charge in [0.15, 0.2) is 0 Å². The van der Waals surface area contributed by atoms with Gasteiger partial charge in [0, 0.05) is 32.0 Å². The SMILES string of the molecule is CC(=O)N[C@H](C(=O)N1C[C@H](O)CC1C1=NC(=O)C(C)(c2ccc(-c3scnc3C)cc2)C1)C(C)(C)C. The molecule has 0 saturated carbocycles. The standard InChI is InChI=1S/C27H34N4O4S/c1-15-22(36-14-28-15)17-7-9-18(10-8-17)27(6)12-20(30-25(27)35)21-11-19(33)13-31(21)24(34)23(26(3,4)5)29-16(2)32/h7-10,14,19,21,23,33H,11-13H2,1-6H3,(H,29,32)/t19-,21?,23-,27?/m1/s1. The van der Waals surface area contributed by atoms with Gasteiger partial charge in [0.1, 0.15) is 6.04 Å². The Morgan fingerprint density at radius 3 is 2.47 bits per heavy atom. The molecule has 0 radical (unpaired) electrons. The van der Waals surface area contributed by atoms with E-state index in [1.165, 1.54) is 6.92 Å². The largest absolute Gasteiger partial charge is 0.391 e. The van der Waals surface area contributed by atoms with Crippen LogP contribution in [0.25, 0.3) is 10.4 Å². The number of aromatic nitrogens is 1. The number of benzene rings is 1. The number of thiazole rings is 1. The van der Waals surface area contributed by atoms with E-state index in [1.54, 1.807) is 16.2 Å². The lowest BCUT2D eigenvalue weighted by atomic mass is 9.78. The predicted molar refractivity (Wildman–Crippen MR) is 140 cm³/mol. The first-order valence-corrected chi connectivity index (χ1v) is 13.1. The van der Waals surface area contributed by atoms with Gasteiger partial charge in [-0.25, -0.2) is 9.98 Å². The molecule has 2 aliphatic rings. The third-order valence-electron chi connectivity index (χ3n) is 7.19. The second-order valence-corrected chi connectivity index (χ2v) is 12.0. The number of nitrogens with one attached hydrogen (secondary N) is 1. The van der Waals surface area contributed by atoms with Crippen LogP contribution >= 0.6 is 11.3 Å². The molecule has 9 heteroatoms. The molecule has 4 rings (SSSR count). The van der Waals surface area contributed by atoms with Crippen LogP contribution in [-0.2, 0) is 19.8 Å². The maximum absolute atomic E-state index is 13.6. The minimum absolute atomic E-state index is 0.141. The third kappa shape index (κ3) is 4.86. The highest BCUT2D eigenvalue weighted by Gasteiger charge is 2.49. The number of carbonyl (C=O) groups excluding carboxylic acids is 3. The Kier molecular flexibility index (Phi) is 6.92. The molecular weight excluding hydrogens is 476 g/mol. The number of amides is 3. The number of hydrogen-bond acceptors (Lipinski definition) is 6. The Hall–Kier alpha value is -2.91. The molecule has 0 spiro atoms. The molecule has 0 aliphatic carbocycles. The maximum Gasteiger partial charge on any atom is 0.256 e. The van der Waals surface area contributed by atoms with Crippen LogP contribution in [0, 0.1) is 12.3 Å². The Morgan fingerprint density at radius 2 is 1.92 bits per heavy atom. The molecule has 0 bridgehead atoms. The lowest BCUT2D eigenvalue weighted by Crippen LogP contribution is -2.56. The summed E-state index contributed by atoms with van der Waals surface area (Å²) in [5.74, 6) is -0.813. The number of hydrogen-bond donors (Lipinski definition) is 2. The average Bonchev–Trinajstić information content (AvgIpc) is 3.48. The van der Waals surface area contributed by atoms with E-state index in [0.29, 0.717) is 18.6 Å². The summed E-state index contributed by atoms with van der Waals surface area (Å²) in [6.07, 6.45) is -0.0377. The van der Waals surface area contributed by atoms with Crippen molar-refractivity contribution in [3.63, 3.8) is 0 Å². The van der Waals surface area contributed by atoms with E-state index >= 15 is 0 Å². The minimum atomic E-state index is -0.847. The van der Waals surface area contributed by atoms with Gasteiger partial charge in [0.2, 0.25) is 11.8 Å². The van der Waals surface area contributed by atoms with Crippen molar-refractivity contribution in [2.75, 3.05) is 6.54 Å². The molecule has 1 fully saturated rings. The highest BCUT2D eigenvalue weighted by atomic mass is 32.1. The van der Waals surface area contributed by atoms with Crippen molar-refractivity contribution in [2.24, 2.45) is 10.4 Å². The molecule has 36 heavy (non-hydrogen) atoms. The van der Waals surface area contributed by atoms with Gasteiger partial charge in [-0.3, -0.25) is 14.4 Å². The highest BCUT2D eigenvalue weighted by Crippen LogP contribution is 2.39. The van der Waals surface area contributed by atoms with Crippen molar-refractivity contribution in [1.29, 1.82) is 0 Å². The summed E-state index contributed by atoms with van der Waals surface area (Å²) in [7, 11) is 0. The minimum Gasteiger partial charge on any atom is -0.391 e. The summed E-state index contributed by atoms with van der Waals surface area (Å²) in [5, 5.41) is 13.2. The topological polar surface area (TPSA) is 112 Å². The van der Waals surface area contributed by atoms with Crippen LogP contribution in [0.15, 0.2) is 34.8 Å². The smallest absolute Gasteiger partial charge is 0.256 e. The van der Waals surface area contributed by atoms with Crippen LogP contribution in [-0.4, -0.2) is 63.2 Å². The molecule has 1 aromatic carbocycles. The van der Waals surface area contributed by atoms with E-state index in [0.717, 1.165) is 21.7 Å². The van der Waals surface area contributed by atoms with E-state index in [4.69, 9.17) is 0 Å². The zero-order chi connectivity index (χ0) is 26.4. The van der Waals surface area contributed by atoms with E-state index in [1.807, 2.05) is 64.4 Å². The molecule has 3 heterocycles. The first-order chi connectivity index (χ1) is 16.8. The second kappa shape index (κ2) is 9.52. The fraction of sp³-hybridized carbons (Fsp3) is 0.519. The Morgan fingerprint density at radius 1 is 1.25 bits per heavy atom. The second-order valence-electron chi connectivity index (χ2n) is 11.2. The average molecular weight is 511 g/mol. The zero-order valence-electron chi connectivity index (χ0n) is 21.7. The van der Waals surface area contributed by atoms with E-state index in [2.05, 4.69) is 15.3 Å². The number of rotatable bonds is 5. The summed E-state index contributed by atoms with van der Waals surface area (Å²) in [6, 6.07) is 6.68. The monoisotopic (exact) mass is 510 g/mol. The van der Waals surface area contributed by atoms with Crippen molar-refractivity contribution in [2.45, 2.75) is 78.0 Å². The molecule has 3 amide bonds. The van der Waals surface area contributed by atoms with E-state index in [-0.39, 0.29) is 24.3 Å². The van der Waals surface area contributed by atoms with Gasteiger partial charge >= 0.3 is 0 Å². The molecule has 2 aliphatic heterocycles. The molecule has 4 atom stereocenters. The number of aryl methyl sites for hydroxylation is 1. The number of β-amino-alcohol motifs (C(OH)–C–C–N with tert-alkyl or cyclic N) is 1. The van der Waals surface area contributed by atoms with Crippen molar-refractivity contribution >= 4 is 34.8 Å². The lowest BCUT2D eigenvalue weighted by Gasteiger charge is -2.35. The summed E-state index contributed by atoms with van der Waals surface area (Å²) < 4.78 is 0. The first kappa shape index (κ1) is 26.2. The van der Waals surface area contributed by atoms with Crippen LogP contribution in [0.2, 0.25) is 0 Å². The van der Waals surface area contributed by atoms with Gasteiger partial charge < -0.3 is 15.3 Å². The Labute approximate surface area is 215 Å². The predicted octanol–water partition coefficient (Wildman–Crippen LogP) is 3.26. The van der Waals surface area contributed by atoms with Gasteiger partial charge in [-0.1, -0.05) is 45.0 Å². The molecule has 8 nitrogen and oxygen atoms in total. The Balaban J connectivity index is 1.58. The summed E-state index contributed by atoms with van der Waals surface area (Å²) in [6.45, 7) is 11.0. The fourth-order valence-corrected chi connectivity index (χ4v) is 5.92. The van der Waals surface area contributed by atoms with Crippen LogP contribution in [0.4, 0.5) is 0 Å². The summed E-state index contributed by atoms with van der Waals surface area (Å²) >= 11 is 1.58. The number of aliphatic hydroxyl groups is 1. The van der Waals surface area contributed by atoms with Gasteiger partial charge in [-0.2, -0.15) is 0 Å². The molecular formula is C27H34N4O4S. The summed E-state index contributed by atoms with van der Waals surface area (Å²) in [5.41, 5.74) is 3.93. The Bertz CT molecular complexity index is 1210. The van der Waals surface area contributed by atoms with Gasteiger partial charge in [-0.05, 0) is 30.4 Å². The number of carbonyl (C=O) groups is 3. The molecule has 2 unspecified atom stereocenters. The zero-order valence-corrected chi connectivity index (χ0v) is 22.5. The number of aliphatic hydroxyl groups excluding tert-OH is 1. The van der Waals surface area contributed by atoms with Crippen LogP contribution in [0.1, 0.15) is 58.7 Å². The molecule has 2 N–H and O–H groups in total. The van der Waals surface area contributed by atoms with E-state index in [9.17, 15) is 19.5 Å². The maximum atomic E-state index is 13.6. The van der Waals surface area contributed by atoms with Crippen molar-refractivity contribution in [3.05, 3.63) is 41.0 Å².